The van der Waals surface area contributed by atoms with Crippen LogP contribution in [0.25, 0.3) is 6.08 Å². The summed E-state index contributed by atoms with van der Waals surface area (Å²) in [5, 5.41) is 4.35. The molecule has 5 rings (SSSR count). The summed E-state index contributed by atoms with van der Waals surface area (Å²) in [5.74, 6) is 2.96. The first-order valence-corrected chi connectivity index (χ1v) is 10.8. The molecule has 4 atom stereocenters. The molecule has 3 aliphatic rings. The summed E-state index contributed by atoms with van der Waals surface area (Å²) in [4.78, 5) is 13.5. The number of fused-ring (bicyclic) bond motifs is 5. The summed E-state index contributed by atoms with van der Waals surface area (Å²) < 4.78 is 7.32. The van der Waals surface area contributed by atoms with Crippen LogP contribution in [-0.2, 0) is 18.3 Å². The van der Waals surface area contributed by atoms with Crippen molar-refractivity contribution in [2.45, 2.75) is 51.9 Å². The molecule has 4 heteroatoms. The van der Waals surface area contributed by atoms with E-state index in [2.05, 4.69) is 43.2 Å². The fourth-order valence-electron chi connectivity index (χ4n) is 6.33. The molecule has 2 saturated carbocycles. The van der Waals surface area contributed by atoms with Crippen molar-refractivity contribution in [1.82, 2.24) is 9.78 Å². The monoisotopic (exact) mass is 390 g/mol. The Morgan fingerprint density at radius 3 is 2.86 bits per heavy atom. The van der Waals surface area contributed by atoms with Gasteiger partial charge >= 0.3 is 0 Å². The standard InChI is InChI=1S/C25H30N2O2/c1-15-18(14-26-27(15)3)11-17-13-23-22-7-5-16-12-19(29-4)6-8-20(16)21(22)9-10-25(23,2)24(17)28/h6,8,11-12,14,21-23H,5,7,9-10,13H2,1-4H3/b17-11+/t21-,22-,23-,25-/m1/s1. The molecule has 3 aliphatic carbocycles. The number of methoxy groups -OCH3 is 1. The SMILES string of the molecule is COc1ccc2c(c1)CC[C@@H]1[C@@H]2CC[C@@]2(C)C(=O)/C(=C/c3cnn(C)c3C)C[C@H]12. The maximum atomic E-state index is 13.5. The molecule has 4 nitrogen and oxygen atoms in total. The van der Waals surface area contributed by atoms with Crippen molar-refractivity contribution in [2.24, 2.45) is 24.3 Å². The number of hydrogen-bond donors (Lipinski definition) is 0. The Hall–Kier alpha value is -2.36. The number of nitrogens with zero attached hydrogens (tertiary/aromatic N) is 2. The lowest BCUT2D eigenvalue weighted by Crippen LogP contribution is -2.42. The molecule has 0 unspecified atom stereocenters. The maximum absolute atomic E-state index is 13.5. The van der Waals surface area contributed by atoms with E-state index in [9.17, 15) is 4.79 Å². The highest BCUT2D eigenvalue weighted by atomic mass is 16.5. The topological polar surface area (TPSA) is 44.1 Å². The maximum Gasteiger partial charge on any atom is 0.165 e. The van der Waals surface area contributed by atoms with Crippen molar-refractivity contribution >= 4 is 11.9 Å². The second kappa shape index (κ2) is 6.58. The van der Waals surface area contributed by atoms with Crippen LogP contribution in [0.3, 0.4) is 0 Å². The first kappa shape index (κ1) is 18.7. The number of ketones is 1. The van der Waals surface area contributed by atoms with Gasteiger partial charge in [0, 0.05) is 23.7 Å². The van der Waals surface area contributed by atoms with E-state index < -0.39 is 0 Å². The number of carbonyl (C=O) groups is 1. The third-order valence-corrected chi connectivity index (χ3v) is 8.18. The van der Waals surface area contributed by atoms with E-state index in [1.807, 2.05) is 17.9 Å². The molecule has 152 valence electrons. The summed E-state index contributed by atoms with van der Waals surface area (Å²) in [6, 6.07) is 6.60. The van der Waals surface area contributed by atoms with E-state index in [0.29, 0.717) is 23.5 Å². The van der Waals surface area contributed by atoms with E-state index in [1.165, 1.54) is 17.5 Å². The van der Waals surface area contributed by atoms with Gasteiger partial charge in [-0.25, -0.2) is 0 Å². The molecular formula is C25H30N2O2. The first-order valence-electron chi connectivity index (χ1n) is 10.8. The van der Waals surface area contributed by atoms with Gasteiger partial charge in [-0.3, -0.25) is 9.48 Å². The average Bonchev–Trinajstić information content (AvgIpc) is 3.18. The molecule has 2 aromatic rings. The summed E-state index contributed by atoms with van der Waals surface area (Å²) in [5.41, 5.74) is 5.94. The van der Waals surface area contributed by atoms with Gasteiger partial charge in [-0.15, -0.1) is 0 Å². The number of benzene rings is 1. The summed E-state index contributed by atoms with van der Waals surface area (Å²) in [6.07, 6.45) is 9.29. The highest BCUT2D eigenvalue weighted by Gasteiger charge is 2.56. The molecule has 0 N–H and O–H groups in total. The second-order valence-corrected chi connectivity index (χ2v) is 9.45. The Morgan fingerprint density at radius 1 is 1.31 bits per heavy atom. The molecule has 0 amide bonds. The number of aryl methyl sites for hydroxylation is 2. The van der Waals surface area contributed by atoms with Crippen LogP contribution in [0.5, 0.6) is 5.75 Å². The molecule has 0 radical (unpaired) electrons. The molecular weight excluding hydrogens is 360 g/mol. The van der Waals surface area contributed by atoms with Crippen molar-refractivity contribution in [3.63, 3.8) is 0 Å². The summed E-state index contributed by atoms with van der Waals surface area (Å²) in [6.45, 7) is 4.30. The lowest BCUT2D eigenvalue weighted by molar-refractivity contribution is -0.127. The van der Waals surface area contributed by atoms with Crippen LogP contribution in [0.15, 0.2) is 30.0 Å². The van der Waals surface area contributed by atoms with Gasteiger partial charge in [-0.05, 0) is 91.7 Å². The van der Waals surface area contributed by atoms with E-state index in [0.717, 1.165) is 48.3 Å². The third kappa shape index (κ3) is 2.72. The zero-order valence-corrected chi connectivity index (χ0v) is 17.9. The van der Waals surface area contributed by atoms with Crippen LogP contribution in [0.1, 0.15) is 60.9 Å². The largest absolute Gasteiger partial charge is 0.497 e. The lowest BCUT2D eigenvalue weighted by Gasteiger charge is -2.48. The van der Waals surface area contributed by atoms with E-state index in [4.69, 9.17) is 4.74 Å². The average molecular weight is 391 g/mol. The zero-order valence-electron chi connectivity index (χ0n) is 17.9. The molecule has 2 fully saturated rings. The third-order valence-electron chi connectivity index (χ3n) is 8.18. The van der Waals surface area contributed by atoms with Gasteiger partial charge in [0.25, 0.3) is 0 Å². The predicted molar refractivity (Wildman–Crippen MR) is 114 cm³/mol. The van der Waals surface area contributed by atoms with Crippen LogP contribution >= 0.6 is 0 Å². The molecule has 0 saturated heterocycles. The van der Waals surface area contributed by atoms with Crippen molar-refractivity contribution in [2.75, 3.05) is 7.11 Å². The van der Waals surface area contributed by atoms with Crippen molar-refractivity contribution < 1.29 is 9.53 Å². The molecule has 29 heavy (non-hydrogen) atoms. The van der Waals surface area contributed by atoms with Crippen molar-refractivity contribution in [3.8, 4) is 5.75 Å². The lowest BCUT2D eigenvalue weighted by atomic mass is 9.55. The van der Waals surface area contributed by atoms with Crippen molar-refractivity contribution in [3.05, 3.63) is 52.4 Å². The van der Waals surface area contributed by atoms with Gasteiger partial charge in [-0.1, -0.05) is 13.0 Å². The van der Waals surface area contributed by atoms with Gasteiger partial charge in [-0.2, -0.15) is 5.10 Å². The van der Waals surface area contributed by atoms with Crippen molar-refractivity contribution in [1.29, 1.82) is 0 Å². The molecule has 0 bridgehead atoms. The molecule has 0 aliphatic heterocycles. The number of ether oxygens (including phenoxy) is 1. The zero-order chi connectivity index (χ0) is 20.3. The number of hydrogen-bond acceptors (Lipinski definition) is 3. The Morgan fingerprint density at radius 2 is 2.14 bits per heavy atom. The fourth-order valence-corrected chi connectivity index (χ4v) is 6.33. The first-order chi connectivity index (χ1) is 13.9. The van der Waals surface area contributed by atoms with Gasteiger partial charge in [0.1, 0.15) is 5.75 Å². The normalized spacial score (nSPS) is 32.1. The minimum atomic E-state index is -0.201. The van der Waals surface area contributed by atoms with Gasteiger partial charge in [0.05, 0.1) is 13.3 Å². The molecule has 1 aromatic carbocycles. The number of aromatic nitrogens is 2. The quantitative estimate of drug-likeness (QED) is 0.688. The van der Waals surface area contributed by atoms with Crippen LogP contribution < -0.4 is 4.74 Å². The Labute approximate surface area is 173 Å². The van der Waals surface area contributed by atoms with Crippen LogP contribution in [0, 0.1) is 24.2 Å². The van der Waals surface area contributed by atoms with Gasteiger partial charge < -0.3 is 4.74 Å². The number of allylic oxidation sites excluding steroid dienone is 1. The molecule has 1 heterocycles. The van der Waals surface area contributed by atoms with Gasteiger partial charge in [0.2, 0.25) is 0 Å². The minimum Gasteiger partial charge on any atom is -0.497 e. The van der Waals surface area contributed by atoms with E-state index in [1.54, 1.807) is 7.11 Å². The van der Waals surface area contributed by atoms with Gasteiger partial charge in [0.15, 0.2) is 5.78 Å². The number of carbonyl (C=O) groups excluding carboxylic acids is 1. The second-order valence-electron chi connectivity index (χ2n) is 9.45. The highest BCUT2D eigenvalue weighted by molar-refractivity contribution is 6.06. The number of rotatable bonds is 2. The Kier molecular flexibility index (Phi) is 4.23. The smallest absolute Gasteiger partial charge is 0.165 e. The van der Waals surface area contributed by atoms with Crippen LogP contribution in [-0.4, -0.2) is 22.7 Å². The predicted octanol–water partition coefficient (Wildman–Crippen LogP) is 4.86. The van der Waals surface area contributed by atoms with Crippen LogP contribution in [0.4, 0.5) is 0 Å². The van der Waals surface area contributed by atoms with E-state index in [-0.39, 0.29) is 5.41 Å². The minimum absolute atomic E-state index is 0.201. The Bertz CT molecular complexity index is 1020. The van der Waals surface area contributed by atoms with Crippen LogP contribution in [0.2, 0.25) is 0 Å². The fraction of sp³-hybridized carbons (Fsp3) is 0.520. The summed E-state index contributed by atoms with van der Waals surface area (Å²) >= 11 is 0. The van der Waals surface area contributed by atoms with E-state index >= 15 is 0 Å². The number of Topliss-reactive ketones (excluding diaryl/α,β-unsaturated/α-hetero) is 1. The summed E-state index contributed by atoms with van der Waals surface area (Å²) in [7, 11) is 3.69. The highest BCUT2D eigenvalue weighted by Crippen LogP contribution is 2.60. The molecule has 0 spiro atoms. The molecule has 1 aromatic heterocycles. The Balaban J connectivity index is 1.48.